The first-order valence-corrected chi connectivity index (χ1v) is 9.11. The minimum atomic E-state index is -0.149. The van der Waals surface area contributed by atoms with Crippen LogP contribution in [0, 0.1) is 23.1 Å². The van der Waals surface area contributed by atoms with Crippen LogP contribution in [-0.2, 0) is 6.42 Å². The summed E-state index contributed by atoms with van der Waals surface area (Å²) in [7, 11) is 0. The SMILES string of the molecule is Fc1ccc(CC2(CNC3CC3)CC3CCC2C3)c(Br)c1. The lowest BCUT2D eigenvalue weighted by Crippen LogP contribution is -2.41. The fourth-order valence-electron chi connectivity index (χ4n) is 4.73. The van der Waals surface area contributed by atoms with Crippen LogP contribution in [0.25, 0.3) is 0 Å². The van der Waals surface area contributed by atoms with Gasteiger partial charge in [-0.1, -0.05) is 28.4 Å². The minimum absolute atomic E-state index is 0.149. The van der Waals surface area contributed by atoms with Gasteiger partial charge in [-0.3, -0.25) is 0 Å². The van der Waals surface area contributed by atoms with E-state index in [0.29, 0.717) is 5.41 Å². The molecule has 3 atom stereocenters. The Morgan fingerprint density at radius 2 is 2.10 bits per heavy atom. The lowest BCUT2D eigenvalue weighted by molar-refractivity contribution is 0.155. The van der Waals surface area contributed by atoms with Crippen molar-refractivity contribution >= 4 is 15.9 Å². The second-order valence-electron chi connectivity index (χ2n) is 7.51. The Hall–Kier alpha value is -0.410. The van der Waals surface area contributed by atoms with Crippen LogP contribution in [0.3, 0.4) is 0 Å². The molecule has 3 aliphatic carbocycles. The molecule has 1 nitrogen and oxygen atoms in total. The van der Waals surface area contributed by atoms with E-state index in [-0.39, 0.29) is 5.82 Å². The Kier molecular flexibility index (Phi) is 3.61. The number of hydrogen-bond acceptors (Lipinski definition) is 1. The third-order valence-electron chi connectivity index (χ3n) is 5.98. The molecule has 3 unspecified atom stereocenters. The van der Waals surface area contributed by atoms with E-state index in [0.717, 1.165) is 35.3 Å². The zero-order valence-corrected chi connectivity index (χ0v) is 14.0. The second kappa shape index (κ2) is 5.34. The molecule has 3 aliphatic rings. The van der Waals surface area contributed by atoms with Crippen molar-refractivity contribution in [2.75, 3.05) is 6.54 Å². The first kappa shape index (κ1) is 14.2. The largest absolute Gasteiger partial charge is 0.313 e. The van der Waals surface area contributed by atoms with Crippen molar-refractivity contribution in [3.8, 4) is 0 Å². The van der Waals surface area contributed by atoms with Crippen LogP contribution in [-0.4, -0.2) is 12.6 Å². The topological polar surface area (TPSA) is 12.0 Å². The van der Waals surface area contributed by atoms with Gasteiger partial charge in [-0.05, 0) is 73.5 Å². The molecule has 0 amide bonds. The molecule has 0 aromatic heterocycles. The molecule has 3 heteroatoms. The van der Waals surface area contributed by atoms with Gasteiger partial charge in [0.15, 0.2) is 0 Å². The van der Waals surface area contributed by atoms with E-state index in [9.17, 15) is 4.39 Å². The zero-order chi connectivity index (χ0) is 14.4. The van der Waals surface area contributed by atoms with Crippen molar-refractivity contribution < 1.29 is 4.39 Å². The highest BCUT2D eigenvalue weighted by molar-refractivity contribution is 9.10. The summed E-state index contributed by atoms with van der Waals surface area (Å²) in [5.41, 5.74) is 1.69. The molecule has 1 aromatic rings. The summed E-state index contributed by atoms with van der Waals surface area (Å²) >= 11 is 3.56. The molecule has 21 heavy (non-hydrogen) atoms. The molecule has 0 saturated heterocycles. The molecule has 3 fully saturated rings. The second-order valence-corrected chi connectivity index (χ2v) is 8.36. The molecule has 114 valence electrons. The summed E-state index contributed by atoms with van der Waals surface area (Å²) in [5.74, 6) is 1.66. The monoisotopic (exact) mass is 351 g/mol. The van der Waals surface area contributed by atoms with Crippen LogP contribution in [0.1, 0.15) is 44.1 Å². The Labute approximate surface area is 134 Å². The summed E-state index contributed by atoms with van der Waals surface area (Å²) in [6.45, 7) is 1.16. The van der Waals surface area contributed by atoms with Crippen molar-refractivity contribution in [2.24, 2.45) is 17.3 Å². The van der Waals surface area contributed by atoms with Gasteiger partial charge in [-0.15, -0.1) is 0 Å². The molecule has 2 bridgehead atoms. The van der Waals surface area contributed by atoms with Crippen molar-refractivity contribution in [3.63, 3.8) is 0 Å². The number of benzene rings is 1. The van der Waals surface area contributed by atoms with Gasteiger partial charge in [-0.25, -0.2) is 4.39 Å². The van der Waals surface area contributed by atoms with Crippen molar-refractivity contribution in [3.05, 3.63) is 34.1 Å². The molecular formula is C18H23BrFN. The van der Waals surface area contributed by atoms with E-state index in [4.69, 9.17) is 0 Å². The van der Waals surface area contributed by atoms with Gasteiger partial charge in [0.1, 0.15) is 5.82 Å². The average molecular weight is 352 g/mol. The molecule has 1 N–H and O–H groups in total. The normalized spacial score (nSPS) is 34.6. The standard InChI is InChI=1S/C18H23BrFN/c19-17-8-15(20)4-2-13(17)10-18(11-21-16-5-6-16)9-12-1-3-14(18)7-12/h2,4,8,12,14,16,21H,1,3,5-7,9-11H2. The fraction of sp³-hybridized carbons (Fsp3) is 0.667. The average Bonchev–Trinajstić information content (AvgIpc) is 3.09. The highest BCUT2D eigenvalue weighted by Crippen LogP contribution is 2.57. The van der Waals surface area contributed by atoms with Crippen LogP contribution < -0.4 is 5.32 Å². The molecule has 3 saturated carbocycles. The predicted octanol–water partition coefficient (Wildman–Crippen LogP) is 4.69. The Morgan fingerprint density at radius 3 is 2.71 bits per heavy atom. The number of hydrogen-bond donors (Lipinski definition) is 1. The first-order chi connectivity index (χ1) is 10.1. The maximum absolute atomic E-state index is 13.3. The van der Waals surface area contributed by atoms with Crippen LogP contribution in [0.4, 0.5) is 4.39 Å². The van der Waals surface area contributed by atoms with Crippen LogP contribution >= 0.6 is 15.9 Å². The fourth-order valence-corrected chi connectivity index (χ4v) is 5.22. The van der Waals surface area contributed by atoms with Gasteiger partial charge >= 0.3 is 0 Å². The molecule has 0 heterocycles. The lowest BCUT2D eigenvalue weighted by atomic mass is 9.69. The highest BCUT2D eigenvalue weighted by atomic mass is 79.9. The van der Waals surface area contributed by atoms with Gasteiger partial charge in [0.05, 0.1) is 0 Å². The van der Waals surface area contributed by atoms with Crippen molar-refractivity contribution in [2.45, 2.75) is 51.0 Å². The van der Waals surface area contributed by atoms with Gasteiger partial charge in [0.25, 0.3) is 0 Å². The highest BCUT2D eigenvalue weighted by Gasteiger charge is 2.50. The van der Waals surface area contributed by atoms with Crippen molar-refractivity contribution in [1.29, 1.82) is 0 Å². The lowest BCUT2D eigenvalue weighted by Gasteiger charge is -2.39. The van der Waals surface area contributed by atoms with Gasteiger partial charge in [0, 0.05) is 17.1 Å². The summed E-state index contributed by atoms with van der Waals surface area (Å²) < 4.78 is 14.3. The van der Waals surface area contributed by atoms with E-state index >= 15 is 0 Å². The number of halogens is 2. The number of rotatable bonds is 5. The Bertz CT molecular complexity index is 542. The molecule has 0 spiro atoms. The van der Waals surface area contributed by atoms with Gasteiger partial charge < -0.3 is 5.32 Å². The zero-order valence-electron chi connectivity index (χ0n) is 12.4. The van der Waals surface area contributed by atoms with Crippen LogP contribution in [0.2, 0.25) is 0 Å². The van der Waals surface area contributed by atoms with Crippen LogP contribution in [0.5, 0.6) is 0 Å². The molecule has 0 radical (unpaired) electrons. The van der Waals surface area contributed by atoms with E-state index in [1.54, 1.807) is 12.1 Å². The summed E-state index contributed by atoms with van der Waals surface area (Å²) in [6.07, 6.45) is 9.41. The summed E-state index contributed by atoms with van der Waals surface area (Å²) in [5, 5.41) is 3.79. The van der Waals surface area contributed by atoms with E-state index in [1.165, 1.54) is 44.1 Å². The molecule has 1 aromatic carbocycles. The Balaban J connectivity index is 1.57. The third-order valence-corrected chi connectivity index (χ3v) is 6.72. The smallest absolute Gasteiger partial charge is 0.124 e. The van der Waals surface area contributed by atoms with Crippen molar-refractivity contribution in [1.82, 2.24) is 5.32 Å². The van der Waals surface area contributed by atoms with Gasteiger partial charge in [0.2, 0.25) is 0 Å². The molecular weight excluding hydrogens is 329 g/mol. The van der Waals surface area contributed by atoms with E-state index in [2.05, 4.69) is 21.2 Å². The third kappa shape index (κ3) is 2.79. The van der Waals surface area contributed by atoms with E-state index in [1.807, 2.05) is 6.07 Å². The molecule has 0 aliphatic heterocycles. The molecule has 4 rings (SSSR count). The predicted molar refractivity (Wildman–Crippen MR) is 86.7 cm³/mol. The number of nitrogens with one attached hydrogen (secondary N) is 1. The quantitative estimate of drug-likeness (QED) is 0.811. The first-order valence-electron chi connectivity index (χ1n) is 8.32. The van der Waals surface area contributed by atoms with Crippen LogP contribution in [0.15, 0.2) is 22.7 Å². The summed E-state index contributed by atoms with van der Waals surface area (Å²) in [4.78, 5) is 0. The van der Waals surface area contributed by atoms with Gasteiger partial charge in [-0.2, -0.15) is 0 Å². The Morgan fingerprint density at radius 1 is 1.24 bits per heavy atom. The minimum Gasteiger partial charge on any atom is -0.313 e. The maximum Gasteiger partial charge on any atom is 0.124 e. The maximum atomic E-state index is 13.3. The summed E-state index contributed by atoms with van der Waals surface area (Å²) in [6, 6.07) is 5.97. The van der Waals surface area contributed by atoms with E-state index < -0.39 is 0 Å². The number of fused-ring (bicyclic) bond motifs is 2.